The van der Waals surface area contributed by atoms with Crippen molar-refractivity contribution in [1.29, 1.82) is 0 Å². The van der Waals surface area contributed by atoms with Gasteiger partial charge in [-0.05, 0) is 51.0 Å². The van der Waals surface area contributed by atoms with Crippen LogP contribution in [0.2, 0.25) is 0 Å². The first-order valence-corrected chi connectivity index (χ1v) is 9.69. The van der Waals surface area contributed by atoms with Crippen LogP contribution in [0, 0.1) is 17.3 Å². The molecule has 1 fully saturated rings. The molecule has 1 aliphatic heterocycles. The number of fused-ring (bicyclic) bond motifs is 1. The molecule has 26 heavy (non-hydrogen) atoms. The second kappa shape index (κ2) is 8.16. The van der Waals surface area contributed by atoms with Crippen molar-refractivity contribution in [2.75, 3.05) is 13.6 Å². The molecule has 0 aromatic rings. The minimum absolute atomic E-state index is 0.151. The lowest BCUT2D eigenvalue weighted by molar-refractivity contribution is 0.153. The molecule has 3 unspecified atom stereocenters. The number of nitrogens with one attached hydrogen (secondary N) is 1. The van der Waals surface area contributed by atoms with E-state index in [2.05, 4.69) is 82.1 Å². The zero-order valence-corrected chi connectivity index (χ0v) is 17.4. The Bertz CT molecular complexity index is 676. The van der Waals surface area contributed by atoms with Gasteiger partial charge < -0.3 is 10.2 Å². The van der Waals surface area contributed by atoms with Gasteiger partial charge in [-0.15, -0.1) is 0 Å². The molecule has 0 radical (unpaired) electrons. The average Bonchev–Trinajstić information content (AvgIpc) is 2.55. The number of piperidine rings is 1. The van der Waals surface area contributed by atoms with Crippen LogP contribution in [-0.4, -0.2) is 18.5 Å². The van der Waals surface area contributed by atoms with Gasteiger partial charge in [0.05, 0.1) is 0 Å². The van der Waals surface area contributed by atoms with Crippen molar-refractivity contribution in [3.63, 3.8) is 0 Å². The third-order valence-corrected chi connectivity index (χ3v) is 5.99. The van der Waals surface area contributed by atoms with E-state index in [0.717, 1.165) is 37.1 Å². The summed E-state index contributed by atoms with van der Waals surface area (Å²) in [5.41, 5.74) is 6.25. The second-order valence-corrected chi connectivity index (χ2v) is 8.51. The van der Waals surface area contributed by atoms with E-state index in [4.69, 9.17) is 0 Å². The van der Waals surface area contributed by atoms with Gasteiger partial charge in [0.15, 0.2) is 0 Å². The Morgan fingerprint density at radius 1 is 1.46 bits per heavy atom. The number of nitrogens with zero attached hydrogens (tertiary/aromatic N) is 1. The molecule has 3 atom stereocenters. The molecule has 2 heteroatoms. The minimum atomic E-state index is 0.151. The van der Waals surface area contributed by atoms with E-state index in [1.54, 1.807) is 0 Å². The first-order valence-electron chi connectivity index (χ1n) is 9.69. The van der Waals surface area contributed by atoms with E-state index in [-0.39, 0.29) is 5.41 Å². The van der Waals surface area contributed by atoms with Crippen molar-refractivity contribution in [3.05, 3.63) is 72.3 Å². The summed E-state index contributed by atoms with van der Waals surface area (Å²) in [6, 6.07) is 0. The van der Waals surface area contributed by atoms with Crippen LogP contribution in [0.5, 0.6) is 0 Å². The third kappa shape index (κ3) is 4.60. The lowest BCUT2D eigenvalue weighted by Gasteiger charge is -2.48. The van der Waals surface area contributed by atoms with Gasteiger partial charge in [-0.25, -0.2) is 0 Å². The maximum Gasteiger partial charge on any atom is 0.0217 e. The highest BCUT2D eigenvalue weighted by Gasteiger charge is 2.42. The second-order valence-electron chi connectivity index (χ2n) is 8.51. The van der Waals surface area contributed by atoms with Crippen LogP contribution in [0.3, 0.4) is 0 Å². The van der Waals surface area contributed by atoms with E-state index in [1.165, 1.54) is 17.0 Å². The summed E-state index contributed by atoms with van der Waals surface area (Å²) >= 11 is 0. The molecule has 0 aromatic carbocycles. The molecule has 0 bridgehead atoms. The monoisotopic (exact) mass is 352 g/mol. The summed E-state index contributed by atoms with van der Waals surface area (Å²) in [5.74, 6) is 0.962. The fourth-order valence-electron chi connectivity index (χ4n) is 3.96. The third-order valence-electron chi connectivity index (χ3n) is 5.99. The summed E-state index contributed by atoms with van der Waals surface area (Å²) in [7, 11) is 2.18. The molecule has 2 rings (SSSR count). The predicted octanol–water partition coefficient (Wildman–Crippen LogP) is 5.95. The van der Waals surface area contributed by atoms with Crippen molar-refractivity contribution in [2.24, 2.45) is 17.3 Å². The zero-order chi connectivity index (χ0) is 19.5. The molecule has 1 aliphatic carbocycles. The van der Waals surface area contributed by atoms with Crippen molar-refractivity contribution in [3.8, 4) is 0 Å². The molecule has 0 spiro atoms. The Kier molecular flexibility index (Phi) is 6.39. The Morgan fingerprint density at radius 3 is 2.81 bits per heavy atom. The number of rotatable bonds is 7. The highest BCUT2D eigenvalue weighted by molar-refractivity contribution is 5.36. The molecule has 2 nitrogen and oxygen atoms in total. The van der Waals surface area contributed by atoms with Crippen LogP contribution >= 0.6 is 0 Å². The number of hydrogen-bond donors (Lipinski definition) is 1. The molecule has 1 heterocycles. The summed E-state index contributed by atoms with van der Waals surface area (Å²) in [6.45, 7) is 22.4. The Balaban J connectivity index is 2.06. The molecular formula is C24H36N2. The lowest BCUT2D eigenvalue weighted by atomic mass is 9.65. The molecule has 1 N–H and O–H groups in total. The number of allylic oxidation sites excluding steroid dienone is 9. The first kappa shape index (κ1) is 20.4. The van der Waals surface area contributed by atoms with Crippen molar-refractivity contribution in [1.82, 2.24) is 10.2 Å². The first-order chi connectivity index (χ1) is 12.1. The van der Waals surface area contributed by atoms with Gasteiger partial charge in [-0.3, -0.25) is 0 Å². The van der Waals surface area contributed by atoms with Crippen LogP contribution < -0.4 is 5.32 Å². The molecule has 0 amide bonds. The van der Waals surface area contributed by atoms with Crippen LogP contribution in [-0.2, 0) is 0 Å². The summed E-state index contributed by atoms with van der Waals surface area (Å²) in [6.07, 6.45) is 12.1. The Morgan fingerprint density at radius 2 is 2.15 bits per heavy atom. The Labute approximate surface area is 160 Å². The normalized spacial score (nSPS) is 26.5. The standard InChI is InChI=1S/C24H36N2/c1-17(2)10-9-11-19(4)21(6)26(8)16-22-15-20(5)25-23-14-18(3)12-13-24(22,23)7/h9-10,12,14,19,22,25H,1,5-6,11,13,15-16H2,2-4,7-8H3/b10-9-. The molecule has 2 aliphatic rings. The molecule has 142 valence electrons. The SMILES string of the molecule is C=C(C)/C=C\CC(C)C(=C)N(C)CC1CC(=C)NC2=CC(C)=CCC21C. The molecular weight excluding hydrogens is 316 g/mol. The lowest BCUT2D eigenvalue weighted by Crippen LogP contribution is -2.46. The molecule has 1 saturated heterocycles. The average molecular weight is 353 g/mol. The van der Waals surface area contributed by atoms with Gasteiger partial charge >= 0.3 is 0 Å². The minimum Gasteiger partial charge on any atom is -0.378 e. The van der Waals surface area contributed by atoms with Crippen LogP contribution in [0.4, 0.5) is 0 Å². The van der Waals surface area contributed by atoms with Gasteiger partial charge in [0.25, 0.3) is 0 Å². The van der Waals surface area contributed by atoms with Gasteiger partial charge in [-0.2, -0.15) is 0 Å². The van der Waals surface area contributed by atoms with Crippen LogP contribution in [0.1, 0.15) is 47.0 Å². The largest absolute Gasteiger partial charge is 0.378 e. The van der Waals surface area contributed by atoms with E-state index in [1.807, 2.05) is 6.92 Å². The fourth-order valence-corrected chi connectivity index (χ4v) is 3.96. The Hall–Kier alpha value is -1.96. The quantitative estimate of drug-likeness (QED) is 0.569. The van der Waals surface area contributed by atoms with Gasteiger partial charge in [0, 0.05) is 36.1 Å². The summed E-state index contributed by atoms with van der Waals surface area (Å²) in [4.78, 5) is 2.36. The van der Waals surface area contributed by atoms with Crippen LogP contribution in [0.25, 0.3) is 0 Å². The maximum absolute atomic E-state index is 4.38. The summed E-state index contributed by atoms with van der Waals surface area (Å²) < 4.78 is 0. The van der Waals surface area contributed by atoms with Gasteiger partial charge in [0.2, 0.25) is 0 Å². The summed E-state index contributed by atoms with van der Waals surface area (Å²) in [5, 5.41) is 3.55. The van der Waals surface area contributed by atoms with E-state index in [0.29, 0.717) is 11.8 Å². The molecule has 0 saturated carbocycles. The zero-order valence-electron chi connectivity index (χ0n) is 17.4. The van der Waals surface area contributed by atoms with E-state index >= 15 is 0 Å². The number of hydrogen-bond acceptors (Lipinski definition) is 2. The smallest absolute Gasteiger partial charge is 0.0217 e. The highest BCUT2D eigenvalue weighted by Crippen LogP contribution is 2.47. The van der Waals surface area contributed by atoms with Gasteiger partial charge in [0.1, 0.15) is 0 Å². The van der Waals surface area contributed by atoms with E-state index < -0.39 is 0 Å². The predicted molar refractivity (Wildman–Crippen MR) is 114 cm³/mol. The maximum atomic E-state index is 4.38. The molecule has 0 aromatic heterocycles. The van der Waals surface area contributed by atoms with Crippen molar-refractivity contribution >= 4 is 0 Å². The van der Waals surface area contributed by atoms with Gasteiger partial charge in [-0.1, -0.05) is 63.0 Å². The van der Waals surface area contributed by atoms with Crippen LogP contribution in [0.15, 0.2) is 72.3 Å². The van der Waals surface area contributed by atoms with Crippen molar-refractivity contribution in [2.45, 2.75) is 47.0 Å². The fraction of sp³-hybridized carbons (Fsp3) is 0.500. The van der Waals surface area contributed by atoms with E-state index in [9.17, 15) is 0 Å². The topological polar surface area (TPSA) is 15.3 Å². The van der Waals surface area contributed by atoms with Crippen molar-refractivity contribution < 1.29 is 0 Å². The highest BCUT2D eigenvalue weighted by atomic mass is 15.1.